The molecule has 14 aliphatic rings. The van der Waals surface area contributed by atoms with E-state index in [1.165, 1.54) is 22.2 Å². The van der Waals surface area contributed by atoms with Crippen LogP contribution in [0.15, 0.2) is 103 Å². The van der Waals surface area contributed by atoms with Gasteiger partial charge in [0.25, 0.3) is 0 Å². The molecule has 0 amide bonds. The Hall–Kier alpha value is -2.14. The fraction of sp³-hybridized carbons (Fsp3) is 0.520. The van der Waals surface area contributed by atoms with Gasteiger partial charge in [-0.1, -0.05) is 0 Å². The summed E-state index contributed by atoms with van der Waals surface area (Å²) in [6.45, 7) is 3.63. The summed E-state index contributed by atoms with van der Waals surface area (Å²) < 4.78 is 1.55. The van der Waals surface area contributed by atoms with Crippen molar-refractivity contribution in [3.8, 4) is 0 Å². The predicted molar refractivity (Wildman–Crippen MR) is 226 cm³/mol. The summed E-state index contributed by atoms with van der Waals surface area (Å²) in [5, 5.41) is 2.67. The van der Waals surface area contributed by atoms with E-state index in [2.05, 4.69) is 133 Å². The van der Waals surface area contributed by atoms with Gasteiger partial charge >= 0.3 is 321 Å². The van der Waals surface area contributed by atoms with Crippen LogP contribution >= 0.6 is 17.2 Å². The maximum atomic E-state index is 5.86. The molecule has 7 atom stereocenters. The standard InChI is InChI=1S/C45H47N2P2.C5H5.Fe/c1-44(2,3)49(43-35-22-29-21-30(24-35)25-36(43)23-29)28-37-26-34(31-11-5-4-6-12-31)27-38(37)45(48,41-19-17-32-13-7-9-15-39(32)46-41)42-20-18-33-14-8-10-16-40(33)47-42;1-2-4-5-3-1;/h4-20,26-27,29-30,35-36,43H,21-25,28,48H2,1-3H3;1-5H;. The van der Waals surface area contributed by atoms with Gasteiger partial charge in [-0.15, -0.1) is 0 Å². The van der Waals surface area contributed by atoms with Gasteiger partial charge in [0.05, 0.1) is 0 Å². The van der Waals surface area contributed by atoms with Crippen LogP contribution in [-0.4, -0.2) is 26.9 Å². The normalized spacial score (nSPS) is 59.0. The topological polar surface area (TPSA) is 25.8 Å². The zero-order valence-corrected chi connectivity index (χ0v) is 35.4. The Labute approximate surface area is 319 Å². The Kier molecular flexibility index (Phi) is 2.85. The molecule has 14 fully saturated rings. The van der Waals surface area contributed by atoms with Gasteiger partial charge in [0, 0.05) is 0 Å². The zero-order chi connectivity index (χ0) is 36.0. The molecule has 2 nitrogen and oxygen atoms in total. The number of pyridine rings is 2. The molecule has 280 valence electrons. The summed E-state index contributed by atoms with van der Waals surface area (Å²) in [5.74, 6) is 4.12. The first-order chi connectivity index (χ1) is 26.5. The van der Waals surface area contributed by atoms with Crippen molar-refractivity contribution in [1.29, 1.82) is 0 Å². The fourth-order valence-electron chi connectivity index (χ4n) is 29.0. The number of rotatable bonds is 7. The van der Waals surface area contributed by atoms with E-state index in [9.17, 15) is 0 Å². The third-order valence-electron chi connectivity index (χ3n) is 26.9. The minimum absolute atomic E-state index is 0.137. The van der Waals surface area contributed by atoms with Gasteiger partial charge in [0.1, 0.15) is 0 Å². The van der Waals surface area contributed by atoms with E-state index in [4.69, 9.17) is 9.97 Å². The monoisotopic (exact) mass is 798 g/mol. The number of hydrogen-bond donors (Lipinski definition) is 0. The van der Waals surface area contributed by atoms with Crippen LogP contribution in [0.5, 0.6) is 0 Å². The second-order valence-corrected chi connectivity index (χ2v) is 51.7. The molecular weight excluding hydrogens is 746 g/mol. The van der Waals surface area contributed by atoms with Gasteiger partial charge in [0.15, 0.2) is 0 Å². The SMILES string of the molecule is CC(C)(C)P(C[C]12[CH]3[C]4(c5ccccc5)[CH]5[C]1(C(P)(c1ccc6ccccc6n1)c1ccc6ccccc6n1)[Fe]35421678[CH]2[CH]1[CH]6[CH]7[CH]28)C1C2CC3CC(C2)CC1C3. The van der Waals surface area contributed by atoms with Crippen molar-refractivity contribution in [2.24, 2.45) is 23.7 Å². The molecule has 4 aliphatic carbocycles. The molecular formula is C50H52FeN2P2. The molecule has 5 aromatic rings. The van der Waals surface area contributed by atoms with Gasteiger partial charge in [0.2, 0.25) is 0 Å². The van der Waals surface area contributed by atoms with Crippen LogP contribution in [0.4, 0.5) is 0 Å². The molecule has 0 N–H and O–H groups in total. The van der Waals surface area contributed by atoms with Crippen molar-refractivity contribution in [3.63, 3.8) is 0 Å². The molecule has 2 aromatic heterocycles. The van der Waals surface area contributed by atoms with Gasteiger partial charge < -0.3 is 0 Å². The van der Waals surface area contributed by atoms with Crippen LogP contribution in [-0.2, 0) is 16.0 Å². The van der Waals surface area contributed by atoms with Crippen molar-refractivity contribution in [2.45, 2.75) is 116 Å². The molecule has 10 aliphatic heterocycles. The molecule has 3 aromatic carbocycles. The predicted octanol–water partition coefficient (Wildman–Crippen LogP) is 13.2. The Bertz CT molecular complexity index is 3030. The molecule has 4 saturated carbocycles. The van der Waals surface area contributed by atoms with Crippen LogP contribution in [0.3, 0.4) is 0 Å². The molecule has 12 heterocycles. The number of nitrogens with zero attached hydrogens (tertiary/aromatic N) is 2. The molecule has 0 radical (unpaired) electrons. The zero-order valence-electron chi connectivity index (χ0n) is 32.3. The number of hydrogen-bond acceptors (Lipinski definition) is 2. The summed E-state index contributed by atoms with van der Waals surface area (Å²) in [4.78, 5) is 19.4. The van der Waals surface area contributed by atoms with Gasteiger partial charge in [-0.2, -0.15) is 0 Å². The van der Waals surface area contributed by atoms with E-state index in [0.717, 1.165) is 74.1 Å². The van der Waals surface area contributed by atoms with Crippen LogP contribution in [0.1, 0.15) is 69.8 Å². The number of aromatic nitrogens is 2. The van der Waals surface area contributed by atoms with Crippen LogP contribution in [0.25, 0.3) is 21.8 Å². The van der Waals surface area contributed by atoms with Gasteiger partial charge in [-0.05, 0) is 0 Å². The molecule has 1 spiro atoms. The fourth-order valence-corrected chi connectivity index (χ4v) is 119. The second-order valence-electron chi connectivity index (χ2n) is 24.7. The van der Waals surface area contributed by atoms with Crippen LogP contribution in [0, 0.1) is 23.7 Å². The van der Waals surface area contributed by atoms with E-state index in [1.807, 2.05) is 5.56 Å². The minimum atomic E-state index is -4.57. The van der Waals surface area contributed by atoms with Crippen LogP contribution < -0.4 is 0 Å². The molecule has 10 saturated heterocycles. The second kappa shape index (κ2) is 5.38. The molecule has 55 heavy (non-hydrogen) atoms. The van der Waals surface area contributed by atoms with E-state index in [-0.39, 0.29) is 13.1 Å². The Balaban J connectivity index is 0.955. The Morgan fingerprint density at radius 3 is 1.65 bits per heavy atom. The average molecular weight is 799 g/mol. The average Bonchev–Trinajstić information content (AvgIpc) is 4.15. The van der Waals surface area contributed by atoms with Crippen molar-refractivity contribution in [1.82, 2.24) is 9.97 Å². The molecule has 19 rings (SSSR count). The summed E-state index contributed by atoms with van der Waals surface area (Å²) >= 11 is 0. The first-order valence-electron chi connectivity index (χ1n) is 22.0. The van der Waals surface area contributed by atoms with Gasteiger partial charge in [-0.3, -0.25) is 0 Å². The molecule has 7 unspecified atom stereocenters. The number of para-hydroxylation sites is 2. The summed E-state index contributed by atoms with van der Waals surface area (Å²) in [5.41, 5.74) is 7.84. The van der Waals surface area contributed by atoms with Crippen LogP contribution in [0.2, 0.25) is 42.3 Å². The maximum absolute atomic E-state index is 5.86. The van der Waals surface area contributed by atoms with Crippen molar-refractivity contribution in [2.75, 3.05) is 6.16 Å². The third kappa shape index (κ3) is 1.02. The van der Waals surface area contributed by atoms with Gasteiger partial charge in [-0.25, -0.2) is 0 Å². The van der Waals surface area contributed by atoms with E-state index >= 15 is 0 Å². The summed E-state index contributed by atoms with van der Waals surface area (Å²) in [6, 6.07) is 40.2. The number of fused-ring (bicyclic) bond motifs is 12. The quantitative estimate of drug-likeness (QED) is 0.121. The van der Waals surface area contributed by atoms with E-state index < -0.39 is 6.51 Å². The first kappa shape index (κ1) is 29.1. The third-order valence-corrected chi connectivity index (χ3v) is 76.5. The summed E-state index contributed by atoms with van der Waals surface area (Å²) in [7, 11) is 3.68. The Morgan fingerprint density at radius 1 is 0.636 bits per heavy atom. The number of benzene rings is 3. The van der Waals surface area contributed by atoms with Crippen molar-refractivity contribution in [3.05, 3.63) is 120 Å². The first-order valence-corrected chi connectivity index (χ1v) is 30.3. The van der Waals surface area contributed by atoms with E-state index in [1.54, 1.807) is 38.3 Å². The summed E-state index contributed by atoms with van der Waals surface area (Å²) in [6.07, 6.45) is 9.45. The Morgan fingerprint density at radius 2 is 1.15 bits per heavy atom. The van der Waals surface area contributed by atoms with E-state index in [0.29, 0.717) is 18.1 Å². The van der Waals surface area contributed by atoms with Crippen molar-refractivity contribution >= 4 is 39.0 Å². The van der Waals surface area contributed by atoms with Crippen molar-refractivity contribution < 1.29 is 6.51 Å². The molecule has 4 bridgehead atoms. The molecule has 5 heteroatoms.